The molecule has 0 heterocycles. The fourth-order valence-corrected chi connectivity index (χ4v) is 23.8. The van der Waals surface area contributed by atoms with Crippen LogP contribution >= 0.6 is 0 Å². The maximum absolute atomic E-state index is 2.53. The minimum atomic E-state index is -0.363. The first-order valence-electron chi connectivity index (χ1n) is 48.9. The van der Waals surface area contributed by atoms with Gasteiger partial charge in [0.25, 0.3) is 0 Å². The van der Waals surface area contributed by atoms with E-state index in [-0.39, 0.29) is 22.2 Å². The third-order valence-electron chi connectivity index (χ3n) is 30.3. The Morgan fingerprint density at radius 2 is 0.407 bits per heavy atom. The summed E-state index contributed by atoms with van der Waals surface area (Å²) in [6, 6.07) is 202. The lowest BCUT2D eigenvalue weighted by molar-refractivity contribution is 0.714. The van der Waals surface area contributed by atoms with Gasteiger partial charge in [0.2, 0.25) is 0 Å². The molecule has 23 aromatic rings. The topological polar surface area (TPSA) is 6.48 Å². The molecule has 0 bridgehead atoms. The third-order valence-corrected chi connectivity index (χ3v) is 30.3. The van der Waals surface area contributed by atoms with Gasteiger partial charge in [0.1, 0.15) is 0 Å². The number of fused-ring (bicyclic) bond motifs is 22. The molecule has 140 heavy (non-hydrogen) atoms. The molecule has 0 fully saturated rings. The Hall–Kier alpha value is -17.6. The summed E-state index contributed by atoms with van der Waals surface area (Å²) in [5.74, 6) is -0.0156. The average Bonchev–Trinajstić information content (AvgIpc) is 1.51. The second-order valence-electron chi connectivity index (χ2n) is 37.8. The van der Waals surface area contributed by atoms with Gasteiger partial charge in [-0.2, -0.15) is 0 Å². The average molecular weight is 1780 g/mol. The molecule has 0 saturated carbocycles. The van der Waals surface area contributed by atoms with E-state index in [0.717, 1.165) is 34.1 Å². The minimum Gasteiger partial charge on any atom is -0.310 e. The summed E-state index contributed by atoms with van der Waals surface area (Å²) < 4.78 is 0. The zero-order valence-corrected chi connectivity index (χ0v) is 78.0. The Morgan fingerprint density at radius 1 is 0.157 bits per heavy atom. The summed E-state index contributed by atoms with van der Waals surface area (Å²) in [6.45, 7) is 4.74. The molecule has 27 rings (SSSR count). The molecule has 660 valence electrons. The molecule has 3 atom stereocenters. The van der Waals surface area contributed by atoms with Gasteiger partial charge in [0.05, 0.1) is 5.41 Å². The maximum Gasteiger partial charge on any atom is 0.0725 e. The Morgan fingerprint density at radius 3 is 0.814 bits per heavy atom. The van der Waals surface area contributed by atoms with E-state index >= 15 is 0 Å². The van der Waals surface area contributed by atoms with Gasteiger partial charge in [-0.05, 0) is 292 Å². The predicted octanol–water partition coefficient (Wildman–Crippen LogP) is 36.3. The molecule has 2 nitrogen and oxygen atoms in total. The van der Waals surface area contributed by atoms with E-state index in [1.165, 1.54) is 194 Å². The smallest absolute Gasteiger partial charge is 0.0725 e. The van der Waals surface area contributed by atoms with Crippen LogP contribution in [0.15, 0.2) is 552 Å². The van der Waals surface area contributed by atoms with Gasteiger partial charge in [0.15, 0.2) is 0 Å². The molecule has 0 aliphatic heterocycles. The summed E-state index contributed by atoms with van der Waals surface area (Å²) >= 11 is 0. The molecule has 4 aliphatic carbocycles. The quantitative estimate of drug-likeness (QED) is 0.0746. The molecular weight excluding hydrogens is 1690 g/mol. The van der Waals surface area contributed by atoms with Crippen LogP contribution in [0.4, 0.5) is 34.1 Å². The van der Waals surface area contributed by atoms with Crippen LogP contribution in [0.3, 0.4) is 0 Å². The van der Waals surface area contributed by atoms with Crippen molar-refractivity contribution in [2.75, 3.05) is 9.80 Å². The Labute approximate surface area is 819 Å². The normalized spacial score (nSPS) is 14.6. The van der Waals surface area contributed by atoms with Crippen molar-refractivity contribution in [3.05, 3.63) is 624 Å². The first kappa shape index (κ1) is 84.2. The first-order valence-corrected chi connectivity index (χ1v) is 48.9. The molecule has 3 unspecified atom stereocenters. The molecular formula is C138H98N2. The van der Waals surface area contributed by atoms with Gasteiger partial charge in [0, 0.05) is 50.9 Å². The second kappa shape index (κ2) is 35.3. The third kappa shape index (κ3) is 14.2. The number of para-hydroxylation sites is 1. The molecule has 4 aliphatic rings. The Bertz CT molecular complexity index is 8430. The van der Waals surface area contributed by atoms with Gasteiger partial charge < -0.3 is 9.80 Å². The van der Waals surface area contributed by atoms with E-state index < -0.39 is 0 Å². The van der Waals surface area contributed by atoms with Gasteiger partial charge in [-0.1, -0.05) is 467 Å². The van der Waals surface area contributed by atoms with Crippen LogP contribution in [-0.2, 0) is 16.2 Å². The largest absolute Gasteiger partial charge is 0.310 e. The lowest BCUT2D eigenvalue weighted by Crippen LogP contribution is -2.25. The van der Waals surface area contributed by atoms with Crippen molar-refractivity contribution in [1.29, 1.82) is 0 Å². The predicted molar refractivity (Wildman–Crippen MR) is 588 cm³/mol. The first-order chi connectivity index (χ1) is 69.2. The fraction of sp³-hybridized carbons (Fsp3) is 0.0435. The van der Waals surface area contributed by atoms with Gasteiger partial charge in [-0.15, -0.1) is 0 Å². The van der Waals surface area contributed by atoms with Crippen LogP contribution in [0.5, 0.6) is 0 Å². The monoisotopic (exact) mass is 1780 g/mol. The molecule has 0 amide bonds. The fourth-order valence-electron chi connectivity index (χ4n) is 23.8. The van der Waals surface area contributed by atoms with Crippen LogP contribution in [0.1, 0.15) is 92.1 Å². The van der Waals surface area contributed by atoms with Gasteiger partial charge >= 0.3 is 0 Å². The molecule has 1 spiro atoms. The highest BCUT2D eigenvalue weighted by Gasteiger charge is 2.52. The van der Waals surface area contributed by atoms with Crippen LogP contribution in [0.25, 0.3) is 121 Å². The van der Waals surface area contributed by atoms with Gasteiger partial charge in [-0.3, -0.25) is 0 Å². The van der Waals surface area contributed by atoms with Crippen molar-refractivity contribution < 1.29 is 0 Å². The number of nitrogens with zero attached hydrogens (tertiary/aromatic N) is 2. The standard InChI is InChI=1S/C56H36.C44H33N.C38H29N/c1-2-16-36(17-3-1)39-18-4-9-26-48(39)55(37-30-32-44-42-21-6-5-19-40(42)41-20-7-8-22-43(41)49(44)34-37)38-31-33-54-50(35-38)47-25-12-15-29-53(47)56(54)51-27-13-10-23-45(51)46-24-11-14-28-52(46)56;1-44(36-17-9-4-10-18-36)42-20-12-11-19-40(42)41-31-39(29-30-43(41)44)45(37-25-21-34(22-26-37)32-13-5-2-6-14-32)38-27-23-35(24-28-38)33-15-7-3-8-16-33;1-38(30-15-7-3-8-16-30)36-20-12-11-19-34(36)35-27-33(25-26-37(35)38)39(31-17-9-4-10-18-31)32-23-21-29(22-24-32)28-13-5-2-6-14-28/h1-35,55H;2-31H,1H3;2-27H,1H3. The molecule has 2 heteroatoms. The van der Waals surface area contributed by atoms with E-state index in [1.807, 2.05) is 0 Å². The summed E-state index contributed by atoms with van der Waals surface area (Å²) in [7, 11) is 0. The maximum atomic E-state index is 2.53. The van der Waals surface area contributed by atoms with E-state index in [0.29, 0.717) is 0 Å². The molecule has 0 aromatic heterocycles. The Balaban J connectivity index is 0.000000113. The molecule has 0 radical (unpaired) electrons. The summed E-state index contributed by atoms with van der Waals surface area (Å²) in [4.78, 5) is 4.74. The highest BCUT2D eigenvalue weighted by Crippen LogP contribution is 2.64. The molecule has 0 saturated heterocycles. The van der Waals surface area contributed by atoms with Gasteiger partial charge in [-0.25, -0.2) is 0 Å². The second-order valence-corrected chi connectivity index (χ2v) is 37.8. The summed E-state index contributed by atoms with van der Waals surface area (Å²) in [5, 5.41) is 7.78. The van der Waals surface area contributed by atoms with E-state index in [2.05, 4.69) is 576 Å². The van der Waals surface area contributed by atoms with Crippen molar-refractivity contribution in [3.63, 3.8) is 0 Å². The van der Waals surface area contributed by atoms with Crippen molar-refractivity contribution >= 4 is 66.4 Å². The summed E-state index contributed by atoms with van der Waals surface area (Å²) in [6.07, 6.45) is 0. The van der Waals surface area contributed by atoms with Crippen LogP contribution in [0.2, 0.25) is 0 Å². The SMILES string of the molecule is CC1(c2ccccc2)c2ccccc2-c2cc(N(c3ccc(-c4ccccc4)cc3)c3ccc(-c4ccccc4)cc3)ccc21.CC1(c2ccccc2)c2ccccc2-c2cc(N(c3ccccc3)c3ccc(-c4ccccc4)cc3)ccc21.c1ccc(-c2ccccc2C(c2ccc3c(c2)-c2ccccc2C32c3ccccc3-c3ccccc32)c2ccc3c4ccccc4c4ccccc4c3c2)cc1. The number of hydrogen-bond donors (Lipinski definition) is 0. The molecule has 23 aromatic carbocycles. The van der Waals surface area contributed by atoms with Crippen LogP contribution < -0.4 is 9.80 Å². The van der Waals surface area contributed by atoms with Crippen molar-refractivity contribution in [1.82, 2.24) is 0 Å². The van der Waals surface area contributed by atoms with Crippen LogP contribution in [-0.4, -0.2) is 0 Å². The van der Waals surface area contributed by atoms with Crippen molar-refractivity contribution in [2.24, 2.45) is 0 Å². The van der Waals surface area contributed by atoms with Crippen LogP contribution in [0, 0.1) is 0 Å². The van der Waals surface area contributed by atoms with E-state index in [4.69, 9.17) is 0 Å². The molecule has 0 N–H and O–H groups in total. The number of anilines is 6. The number of rotatable bonds is 15. The zero-order chi connectivity index (χ0) is 93.3. The minimum absolute atomic E-state index is 0.0156. The highest BCUT2D eigenvalue weighted by molar-refractivity contribution is 6.25. The van der Waals surface area contributed by atoms with Crippen molar-refractivity contribution in [2.45, 2.75) is 36.0 Å². The van der Waals surface area contributed by atoms with E-state index in [9.17, 15) is 0 Å². The van der Waals surface area contributed by atoms with Crippen molar-refractivity contribution in [3.8, 4) is 89.0 Å². The Kier molecular flexibility index (Phi) is 21.2. The summed E-state index contributed by atoms with van der Waals surface area (Å²) in [5.41, 5.74) is 43.8. The zero-order valence-electron chi connectivity index (χ0n) is 78.0. The highest BCUT2D eigenvalue weighted by atomic mass is 15.1. The lowest BCUT2D eigenvalue weighted by Gasteiger charge is -2.30. The number of benzene rings is 23. The van der Waals surface area contributed by atoms with E-state index in [1.54, 1.807) is 0 Å². The number of hydrogen-bond acceptors (Lipinski definition) is 2. The lowest BCUT2D eigenvalue weighted by atomic mass is 9.70.